The summed E-state index contributed by atoms with van der Waals surface area (Å²) in [5.74, 6) is 0.944. The average molecular weight is 565 g/mol. The molecule has 8 heteroatoms. The van der Waals surface area contributed by atoms with E-state index in [-0.39, 0.29) is 27.9 Å². The molecular weight excluding hydrogens is 532 g/mol. The number of carbonyl (C=O) groups is 1. The smallest absolute Gasteiger partial charge is 0.298 e. The fraction of sp³-hybridized carbons (Fsp3) is 0.455. The van der Waals surface area contributed by atoms with Crippen LogP contribution < -0.4 is 5.32 Å². The van der Waals surface area contributed by atoms with Gasteiger partial charge in [-0.1, -0.05) is 49.8 Å². The van der Waals surface area contributed by atoms with Crippen LogP contribution >= 0.6 is 11.3 Å². The van der Waals surface area contributed by atoms with Crippen LogP contribution in [0.15, 0.2) is 65.0 Å². The maximum atomic E-state index is 12.2. The standard InChI is InChI=1S/C33H32N4O3S/c1-32-12-10-20(38)14-19(32)8-9-21-24(32)11-13-33(2)25(21)15-26-28(33)36-31(41-26)37-29-22(16-34)27(18-6-4-3-5-7-18)23(17-35)30(39)40-29/h3-7,14,21,24-25,27,39H,8-13,15H2,1-2H3,(H,36,37)/t21-,24+,25+,27?,32+,33+/m1/s1. The Morgan fingerprint density at radius 1 is 1.05 bits per heavy atom. The van der Waals surface area contributed by atoms with E-state index in [9.17, 15) is 20.4 Å². The summed E-state index contributed by atoms with van der Waals surface area (Å²) in [7, 11) is 0. The number of ether oxygens (including phenoxy) is 1. The van der Waals surface area contributed by atoms with Gasteiger partial charge >= 0.3 is 0 Å². The number of hydrogen-bond donors (Lipinski definition) is 2. The third-order valence-electron chi connectivity index (χ3n) is 10.8. The molecule has 0 amide bonds. The van der Waals surface area contributed by atoms with E-state index in [2.05, 4.69) is 25.2 Å². The summed E-state index contributed by atoms with van der Waals surface area (Å²) in [5.41, 5.74) is 3.62. The first-order valence-corrected chi connectivity index (χ1v) is 15.3. The van der Waals surface area contributed by atoms with Crippen LogP contribution in [0.3, 0.4) is 0 Å². The van der Waals surface area contributed by atoms with E-state index >= 15 is 0 Å². The van der Waals surface area contributed by atoms with Gasteiger partial charge < -0.3 is 15.2 Å². The van der Waals surface area contributed by atoms with Gasteiger partial charge in [-0.25, -0.2) is 4.98 Å². The van der Waals surface area contributed by atoms with Crippen LogP contribution in [0.2, 0.25) is 0 Å². The molecule has 0 saturated heterocycles. The highest BCUT2D eigenvalue weighted by Crippen LogP contribution is 2.65. The molecule has 0 spiro atoms. The van der Waals surface area contributed by atoms with Crippen LogP contribution in [-0.2, 0) is 21.4 Å². The lowest BCUT2D eigenvalue weighted by Crippen LogP contribution is -2.51. The number of nitrogens with zero attached hydrogens (tertiary/aromatic N) is 3. The largest absolute Gasteiger partial charge is 0.480 e. The van der Waals surface area contributed by atoms with Gasteiger partial charge in [0.1, 0.15) is 23.3 Å². The zero-order valence-electron chi connectivity index (χ0n) is 23.2. The van der Waals surface area contributed by atoms with Crippen LogP contribution in [0.5, 0.6) is 0 Å². The Morgan fingerprint density at radius 2 is 1.83 bits per heavy atom. The van der Waals surface area contributed by atoms with Crippen molar-refractivity contribution >= 4 is 22.3 Å². The molecule has 5 aliphatic rings. The molecule has 1 aromatic carbocycles. The highest BCUT2D eigenvalue weighted by molar-refractivity contribution is 7.15. The molecule has 208 valence electrons. The Hall–Kier alpha value is -3.88. The molecule has 2 heterocycles. The molecular formula is C33H32N4O3S. The van der Waals surface area contributed by atoms with Gasteiger partial charge in [0.25, 0.3) is 5.95 Å². The number of ketones is 1. The number of hydrogen-bond acceptors (Lipinski definition) is 8. The Balaban J connectivity index is 1.18. The molecule has 7 nitrogen and oxygen atoms in total. The Labute approximate surface area is 243 Å². The summed E-state index contributed by atoms with van der Waals surface area (Å²) >= 11 is 1.59. The molecule has 1 unspecified atom stereocenters. The van der Waals surface area contributed by atoms with Crippen LogP contribution in [0, 0.1) is 45.8 Å². The van der Waals surface area contributed by atoms with Crippen LogP contribution in [0.25, 0.3) is 0 Å². The summed E-state index contributed by atoms with van der Waals surface area (Å²) in [6.45, 7) is 4.78. The quantitative estimate of drug-likeness (QED) is 0.414. The second-order valence-electron chi connectivity index (χ2n) is 12.7. The van der Waals surface area contributed by atoms with Gasteiger partial charge in [0.2, 0.25) is 5.88 Å². The lowest BCUT2D eigenvalue weighted by molar-refractivity contribution is -0.117. The lowest BCUT2D eigenvalue weighted by atomic mass is 9.47. The maximum Gasteiger partial charge on any atom is 0.298 e. The van der Waals surface area contributed by atoms with Crippen molar-refractivity contribution in [2.24, 2.45) is 23.2 Å². The molecule has 7 rings (SSSR count). The topological polar surface area (TPSA) is 119 Å². The normalized spacial score (nSPS) is 33.9. The zero-order chi connectivity index (χ0) is 28.5. The number of carbonyl (C=O) groups excluding carboxylic acids is 1. The van der Waals surface area contributed by atoms with E-state index in [0.29, 0.717) is 35.1 Å². The third kappa shape index (κ3) is 3.81. The van der Waals surface area contributed by atoms with Crippen molar-refractivity contribution in [3.05, 3.63) is 81.1 Å². The first-order chi connectivity index (χ1) is 19.8. The molecule has 1 aromatic heterocycles. The van der Waals surface area contributed by atoms with E-state index in [1.54, 1.807) is 11.3 Å². The van der Waals surface area contributed by atoms with Gasteiger partial charge in [0.05, 0.1) is 11.6 Å². The van der Waals surface area contributed by atoms with E-state index in [1.807, 2.05) is 42.5 Å². The number of rotatable bonds is 3. The van der Waals surface area contributed by atoms with Gasteiger partial charge in [-0.15, -0.1) is 11.3 Å². The number of aliphatic hydroxyl groups excluding tert-OH is 1. The minimum absolute atomic E-state index is 0.00792. The van der Waals surface area contributed by atoms with Crippen molar-refractivity contribution < 1.29 is 14.6 Å². The molecule has 0 radical (unpaired) electrons. The number of benzene rings is 1. The molecule has 1 aliphatic heterocycles. The Morgan fingerprint density at radius 3 is 2.59 bits per heavy atom. The van der Waals surface area contributed by atoms with Gasteiger partial charge in [0, 0.05) is 16.7 Å². The van der Waals surface area contributed by atoms with Gasteiger partial charge in [0.15, 0.2) is 10.9 Å². The number of aromatic nitrogens is 1. The first-order valence-electron chi connectivity index (χ1n) is 14.5. The Kier molecular flexibility index (Phi) is 5.92. The van der Waals surface area contributed by atoms with Crippen molar-refractivity contribution in [3.8, 4) is 12.1 Å². The number of anilines is 1. The summed E-state index contributed by atoms with van der Waals surface area (Å²) in [6, 6.07) is 13.5. The number of aliphatic hydroxyl groups is 1. The molecule has 41 heavy (non-hydrogen) atoms. The molecule has 2 saturated carbocycles. The Bertz CT molecular complexity index is 1640. The maximum absolute atomic E-state index is 12.2. The van der Waals surface area contributed by atoms with Crippen molar-refractivity contribution in [2.75, 3.05) is 5.32 Å². The minimum atomic E-state index is -0.729. The van der Waals surface area contributed by atoms with Crippen LogP contribution in [-0.4, -0.2) is 15.9 Å². The summed E-state index contributed by atoms with van der Waals surface area (Å²) in [4.78, 5) is 18.5. The van der Waals surface area contributed by atoms with Crippen molar-refractivity contribution in [3.63, 3.8) is 0 Å². The van der Waals surface area contributed by atoms with Gasteiger partial charge in [-0.2, -0.15) is 10.5 Å². The third-order valence-corrected chi connectivity index (χ3v) is 11.8. The average Bonchev–Trinajstić information content (AvgIpc) is 3.49. The van der Waals surface area contributed by atoms with E-state index in [1.165, 1.54) is 10.5 Å². The molecule has 6 atom stereocenters. The number of thiazole rings is 1. The van der Waals surface area contributed by atoms with Crippen LogP contribution in [0.1, 0.15) is 74.4 Å². The fourth-order valence-corrected chi connectivity index (χ4v) is 9.89. The number of nitriles is 2. The molecule has 4 aliphatic carbocycles. The summed E-state index contributed by atoms with van der Waals surface area (Å²) in [5, 5.41) is 34.3. The highest BCUT2D eigenvalue weighted by atomic mass is 32.1. The second-order valence-corrected chi connectivity index (χ2v) is 13.8. The second kappa shape index (κ2) is 9.33. The SMILES string of the molecule is C[C@]12CCC(=O)C=C1CC[C@@H]1[C@@H]2CC[C@]2(C)c3nc(NC4=C(C#N)C(c5ccccc5)C(C#N)=C(O)O4)sc3C[C@@H]12. The minimum Gasteiger partial charge on any atom is -0.480 e. The number of nitrogens with one attached hydrogen (secondary N) is 1. The molecule has 0 bridgehead atoms. The van der Waals surface area contributed by atoms with E-state index < -0.39 is 11.9 Å². The van der Waals surface area contributed by atoms with E-state index in [4.69, 9.17) is 9.72 Å². The lowest BCUT2D eigenvalue weighted by Gasteiger charge is -2.57. The highest BCUT2D eigenvalue weighted by Gasteiger charge is 2.59. The van der Waals surface area contributed by atoms with Crippen molar-refractivity contribution in [1.82, 2.24) is 4.98 Å². The van der Waals surface area contributed by atoms with Crippen molar-refractivity contribution in [2.45, 2.75) is 70.1 Å². The monoisotopic (exact) mass is 564 g/mol. The fourth-order valence-electron chi connectivity index (χ4n) is 8.74. The van der Waals surface area contributed by atoms with Crippen molar-refractivity contribution in [1.29, 1.82) is 10.5 Å². The van der Waals surface area contributed by atoms with Gasteiger partial charge in [-0.05, 0) is 73.3 Å². The zero-order valence-corrected chi connectivity index (χ0v) is 24.1. The van der Waals surface area contributed by atoms with E-state index in [0.717, 1.165) is 49.8 Å². The predicted octanol–water partition coefficient (Wildman–Crippen LogP) is 6.94. The summed E-state index contributed by atoms with van der Waals surface area (Å²) in [6.07, 6.45) is 8.97. The molecule has 2 N–H and O–H groups in total. The summed E-state index contributed by atoms with van der Waals surface area (Å²) < 4.78 is 5.62. The number of allylic oxidation sites excluding steroid dienone is 4. The predicted molar refractivity (Wildman–Crippen MR) is 154 cm³/mol. The number of fused-ring (bicyclic) bond motifs is 7. The van der Waals surface area contributed by atoms with Gasteiger partial charge in [-0.3, -0.25) is 4.79 Å². The molecule has 2 fully saturated rings. The molecule has 2 aromatic rings. The van der Waals surface area contributed by atoms with Crippen LogP contribution in [0.4, 0.5) is 5.13 Å². The first kappa shape index (κ1) is 26.0.